The Labute approximate surface area is 218 Å². The Hall–Kier alpha value is -4.18. The van der Waals surface area contributed by atoms with Crippen LogP contribution in [0.15, 0.2) is 91.5 Å². The zero-order valence-electron chi connectivity index (χ0n) is 19.6. The molecular formula is C27H20BrN3O6. The van der Waals surface area contributed by atoms with Crippen LogP contribution in [-0.4, -0.2) is 37.7 Å². The molecule has 0 fully saturated rings. The molecule has 1 aliphatic heterocycles. The summed E-state index contributed by atoms with van der Waals surface area (Å²) in [4.78, 5) is 53.6. The van der Waals surface area contributed by atoms with Crippen molar-refractivity contribution in [2.45, 2.75) is 24.9 Å². The molecule has 0 saturated heterocycles. The number of halogens is 1. The van der Waals surface area contributed by atoms with Crippen LogP contribution in [0.5, 0.6) is 11.5 Å². The number of ketones is 2. The average Bonchev–Trinajstić information content (AvgIpc) is 3.16. The Kier molecular flexibility index (Phi) is 5.30. The Morgan fingerprint density at radius 3 is 2.51 bits per heavy atom. The van der Waals surface area contributed by atoms with Crippen molar-refractivity contribution in [3.63, 3.8) is 0 Å². The van der Waals surface area contributed by atoms with Gasteiger partial charge in [0.15, 0.2) is 11.6 Å². The van der Waals surface area contributed by atoms with Gasteiger partial charge in [0.25, 0.3) is 0 Å². The van der Waals surface area contributed by atoms with Crippen LogP contribution in [0.3, 0.4) is 0 Å². The number of hydrogen-bond donors (Lipinski definition) is 1. The van der Waals surface area contributed by atoms with Gasteiger partial charge < -0.3 is 9.84 Å². The number of methoxy groups -OCH3 is 1. The van der Waals surface area contributed by atoms with Crippen molar-refractivity contribution in [1.29, 1.82) is 0 Å². The van der Waals surface area contributed by atoms with Crippen LogP contribution in [0.2, 0.25) is 0 Å². The molecule has 2 aromatic carbocycles. The molecule has 2 aliphatic carbocycles. The second kappa shape index (κ2) is 8.45. The van der Waals surface area contributed by atoms with E-state index in [4.69, 9.17) is 4.74 Å². The van der Waals surface area contributed by atoms with Crippen molar-refractivity contribution in [3.8, 4) is 17.2 Å². The third-order valence-corrected chi connectivity index (χ3v) is 7.75. The molecule has 0 radical (unpaired) electrons. The molecule has 6 rings (SSSR count). The van der Waals surface area contributed by atoms with Crippen LogP contribution in [0, 0.1) is 0 Å². The predicted molar refractivity (Wildman–Crippen MR) is 137 cm³/mol. The maximum atomic E-state index is 13.7. The first-order valence-electron chi connectivity index (χ1n) is 11.6. The first-order chi connectivity index (χ1) is 17.8. The van der Waals surface area contributed by atoms with Crippen LogP contribution >= 0.6 is 15.9 Å². The monoisotopic (exact) mass is 561 g/mol. The molecule has 2 heterocycles. The number of aromatic nitrogens is 3. The third-order valence-electron chi connectivity index (χ3n) is 7.16. The molecule has 3 aliphatic rings. The summed E-state index contributed by atoms with van der Waals surface area (Å²) in [6, 6.07) is 12.6. The molecule has 9 nitrogen and oxygen atoms in total. The first kappa shape index (κ1) is 23.2. The normalized spacial score (nSPS) is 20.6. The van der Waals surface area contributed by atoms with Gasteiger partial charge in [0, 0.05) is 35.1 Å². The number of phenolic OH excluding ortho intramolecular Hbond substituents is 1. The molecule has 0 unspecified atom stereocenters. The quantitative estimate of drug-likeness (QED) is 0.388. The molecule has 2 atom stereocenters. The van der Waals surface area contributed by atoms with Gasteiger partial charge in [-0.05, 0) is 51.8 Å². The number of Topliss-reactive ketones (excluding diaryl/α,β-unsaturated/α-hetero) is 1. The Bertz CT molecular complexity index is 1720. The Morgan fingerprint density at radius 1 is 1.03 bits per heavy atom. The van der Waals surface area contributed by atoms with E-state index in [1.54, 1.807) is 48.5 Å². The SMILES string of the molecule is COc1ccc(O)c([C@H]2C3=CCn4c(=O)n(-c5ccccc5)c(=O)n4[C@@H]3CC3=C2C(=O)C=C(Br)C3=O)c1. The smallest absolute Gasteiger partial charge is 0.352 e. The molecule has 0 spiro atoms. The van der Waals surface area contributed by atoms with Gasteiger partial charge in [-0.3, -0.25) is 9.59 Å². The van der Waals surface area contributed by atoms with Gasteiger partial charge in [-0.15, -0.1) is 0 Å². The fourth-order valence-corrected chi connectivity index (χ4v) is 5.97. The van der Waals surface area contributed by atoms with Crippen molar-refractivity contribution in [2.75, 3.05) is 7.11 Å². The highest BCUT2D eigenvalue weighted by Crippen LogP contribution is 2.52. The number of fused-ring (bicyclic) bond motifs is 3. The van der Waals surface area contributed by atoms with E-state index in [0.29, 0.717) is 22.6 Å². The zero-order valence-corrected chi connectivity index (χ0v) is 21.1. The van der Waals surface area contributed by atoms with Crippen LogP contribution in [-0.2, 0) is 16.1 Å². The minimum Gasteiger partial charge on any atom is -0.508 e. The lowest BCUT2D eigenvalue weighted by atomic mass is 9.68. The lowest BCUT2D eigenvalue weighted by molar-refractivity contribution is -0.115. The number of carbonyl (C=O) groups is 2. The predicted octanol–water partition coefficient (Wildman–Crippen LogP) is 2.91. The number of benzene rings is 2. The van der Waals surface area contributed by atoms with Crippen molar-refractivity contribution in [1.82, 2.24) is 13.9 Å². The summed E-state index contributed by atoms with van der Waals surface area (Å²) in [5, 5.41) is 10.9. The lowest BCUT2D eigenvalue weighted by Crippen LogP contribution is -2.40. The third kappa shape index (κ3) is 3.36. The van der Waals surface area contributed by atoms with E-state index < -0.39 is 23.3 Å². The number of allylic oxidation sites excluding steroid dienone is 6. The summed E-state index contributed by atoms with van der Waals surface area (Å²) in [6.07, 6.45) is 3.09. The van der Waals surface area contributed by atoms with Gasteiger partial charge in [0.05, 0.1) is 29.9 Å². The van der Waals surface area contributed by atoms with Crippen molar-refractivity contribution < 1.29 is 19.4 Å². The van der Waals surface area contributed by atoms with Gasteiger partial charge in [0.2, 0.25) is 0 Å². The highest BCUT2D eigenvalue weighted by Gasteiger charge is 2.45. The highest BCUT2D eigenvalue weighted by atomic mass is 79.9. The van der Waals surface area contributed by atoms with E-state index in [2.05, 4.69) is 15.9 Å². The Balaban J connectivity index is 1.61. The summed E-state index contributed by atoms with van der Waals surface area (Å²) in [7, 11) is 1.49. The standard InChI is InChI=1S/C27H20BrN3O6/c1-37-15-7-8-21(32)17(11-15)23-16-9-10-29-26(35)30(14-5-3-2-4-6-14)27(36)31(29)20(16)12-18-24(23)22(33)13-19(28)25(18)34/h2-9,11,13,20,23,32H,10,12H2,1H3/t20-,23-/m1/s1. The summed E-state index contributed by atoms with van der Waals surface area (Å²) in [5.41, 5.74) is 0.914. The molecule has 0 bridgehead atoms. The second-order valence-electron chi connectivity index (χ2n) is 9.02. The van der Waals surface area contributed by atoms with Crippen LogP contribution in [0.4, 0.5) is 0 Å². The van der Waals surface area contributed by atoms with Gasteiger partial charge in [0.1, 0.15) is 11.5 Å². The van der Waals surface area contributed by atoms with Gasteiger partial charge in [-0.2, -0.15) is 0 Å². The average molecular weight is 562 g/mol. The minimum atomic E-state index is -0.812. The summed E-state index contributed by atoms with van der Waals surface area (Å²) < 4.78 is 9.29. The van der Waals surface area contributed by atoms with Gasteiger partial charge in [-0.25, -0.2) is 23.5 Å². The van der Waals surface area contributed by atoms with E-state index in [1.807, 2.05) is 0 Å². The molecule has 37 heavy (non-hydrogen) atoms. The number of ether oxygens (including phenoxy) is 1. The van der Waals surface area contributed by atoms with E-state index in [-0.39, 0.29) is 45.9 Å². The highest BCUT2D eigenvalue weighted by molar-refractivity contribution is 9.12. The molecule has 3 aromatic rings. The molecule has 1 N–H and O–H groups in total. The van der Waals surface area contributed by atoms with Gasteiger partial charge >= 0.3 is 11.4 Å². The summed E-state index contributed by atoms with van der Waals surface area (Å²) >= 11 is 3.19. The number of para-hydroxylation sites is 1. The molecular weight excluding hydrogens is 542 g/mol. The number of carbonyl (C=O) groups excluding carboxylic acids is 2. The minimum absolute atomic E-state index is 0.0497. The maximum Gasteiger partial charge on any atom is 0.352 e. The molecule has 1 aromatic heterocycles. The Morgan fingerprint density at radius 2 is 1.78 bits per heavy atom. The fraction of sp³-hybridized carbons (Fsp3) is 0.185. The number of aromatic hydroxyl groups is 1. The molecule has 10 heteroatoms. The topological polar surface area (TPSA) is 113 Å². The van der Waals surface area contributed by atoms with E-state index in [0.717, 1.165) is 4.57 Å². The van der Waals surface area contributed by atoms with Crippen LogP contribution in [0.25, 0.3) is 5.69 Å². The van der Waals surface area contributed by atoms with Crippen LogP contribution < -0.4 is 16.1 Å². The molecule has 0 saturated carbocycles. The van der Waals surface area contributed by atoms with E-state index in [9.17, 15) is 24.3 Å². The van der Waals surface area contributed by atoms with Crippen molar-refractivity contribution >= 4 is 27.5 Å². The van der Waals surface area contributed by atoms with E-state index >= 15 is 0 Å². The van der Waals surface area contributed by atoms with Gasteiger partial charge in [-0.1, -0.05) is 24.3 Å². The zero-order chi connectivity index (χ0) is 26.0. The molecule has 0 amide bonds. The van der Waals surface area contributed by atoms with Crippen molar-refractivity contribution in [2.24, 2.45) is 0 Å². The maximum absolute atomic E-state index is 13.7. The number of nitrogens with zero attached hydrogens (tertiary/aromatic N) is 3. The number of hydrogen-bond acceptors (Lipinski definition) is 6. The number of phenols is 1. The van der Waals surface area contributed by atoms with Crippen molar-refractivity contribution in [3.05, 3.63) is 108 Å². The molecule has 186 valence electrons. The fourth-order valence-electron chi connectivity index (χ4n) is 5.52. The summed E-state index contributed by atoms with van der Waals surface area (Å²) in [5.74, 6) is -1.15. The second-order valence-corrected chi connectivity index (χ2v) is 9.88. The number of rotatable bonds is 3. The first-order valence-corrected chi connectivity index (χ1v) is 12.4. The van der Waals surface area contributed by atoms with Crippen LogP contribution in [0.1, 0.15) is 23.9 Å². The van der Waals surface area contributed by atoms with E-state index in [1.165, 1.54) is 28.6 Å². The largest absolute Gasteiger partial charge is 0.508 e. The summed E-state index contributed by atoms with van der Waals surface area (Å²) in [6.45, 7) is 0.0885. The lowest BCUT2D eigenvalue weighted by Gasteiger charge is -2.39.